The van der Waals surface area contributed by atoms with Gasteiger partial charge in [0, 0.05) is 16.9 Å². The Balaban J connectivity index is 1.59. The van der Waals surface area contributed by atoms with Crippen molar-refractivity contribution in [3.63, 3.8) is 0 Å². The number of carbonyl (C=O) groups excluding carboxylic acids is 1. The third-order valence-corrected chi connectivity index (χ3v) is 7.73. The largest absolute Gasteiger partial charge is 0.497 e. The molecule has 0 fully saturated rings. The molecule has 4 rings (SSSR count). The van der Waals surface area contributed by atoms with Crippen molar-refractivity contribution in [2.24, 2.45) is 0 Å². The second-order valence-electron chi connectivity index (χ2n) is 9.73. The third-order valence-electron chi connectivity index (χ3n) is 6.72. The monoisotopic (exact) mass is 572 g/mol. The molecule has 4 aromatic rings. The first-order chi connectivity index (χ1) is 19.8. The molecule has 0 radical (unpaired) electrons. The zero-order valence-electron chi connectivity index (χ0n) is 24.4. The van der Waals surface area contributed by atoms with Gasteiger partial charge in [-0.15, -0.1) is 0 Å². The molecule has 0 atom stereocenters. The molecule has 7 heteroatoms. The number of aryl methyl sites for hydroxylation is 3. The number of benzene rings is 4. The fourth-order valence-corrected chi connectivity index (χ4v) is 5.06. The second-order valence-corrected chi connectivity index (χ2v) is 10.9. The summed E-state index contributed by atoms with van der Waals surface area (Å²) in [7, 11) is 3.24. The standard InChI is InChI=1S/C34H36O6S/c1-22-17-26(18-23(2)25(22)4)27-19-24(3)34(32(20-27)40-33(35)21-38-16-15-36-5)39-29-9-13-31(14-10-29)41-30-11-7-28(37-6)8-12-30/h7-14,17-20H,15-16,21H2,1-6H3. The Hall–Kier alpha value is -3.78. The summed E-state index contributed by atoms with van der Waals surface area (Å²) in [5, 5.41) is 0. The van der Waals surface area contributed by atoms with Crippen molar-refractivity contribution in [1.82, 2.24) is 0 Å². The molecule has 0 aromatic heterocycles. The van der Waals surface area contributed by atoms with E-state index in [0.29, 0.717) is 30.5 Å². The third kappa shape index (κ3) is 8.13. The van der Waals surface area contributed by atoms with Gasteiger partial charge in [0.1, 0.15) is 18.1 Å². The number of methoxy groups -OCH3 is 2. The highest BCUT2D eigenvalue weighted by molar-refractivity contribution is 7.99. The minimum Gasteiger partial charge on any atom is -0.497 e. The summed E-state index contributed by atoms with van der Waals surface area (Å²) in [5.41, 5.74) is 6.51. The maximum Gasteiger partial charge on any atom is 0.337 e. The molecule has 0 unspecified atom stereocenters. The van der Waals surface area contributed by atoms with Crippen LogP contribution in [0.5, 0.6) is 23.0 Å². The Morgan fingerprint density at radius 1 is 0.707 bits per heavy atom. The first-order valence-corrected chi connectivity index (χ1v) is 14.2. The maximum atomic E-state index is 12.7. The summed E-state index contributed by atoms with van der Waals surface area (Å²) in [6.45, 7) is 8.79. The maximum absolute atomic E-state index is 12.7. The van der Waals surface area contributed by atoms with Crippen LogP contribution in [0, 0.1) is 27.7 Å². The van der Waals surface area contributed by atoms with Gasteiger partial charge >= 0.3 is 5.97 Å². The second kappa shape index (κ2) is 14.2. The average molecular weight is 573 g/mol. The van der Waals surface area contributed by atoms with Crippen LogP contribution in [-0.4, -0.2) is 40.0 Å². The minimum atomic E-state index is -0.509. The van der Waals surface area contributed by atoms with Crippen LogP contribution in [0.1, 0.15) is 22.3 Å². The van der Waals surface area contributed by atoms with Crippen molar-refractivity contribution in [1.29, 1.82) is 0 Å². The first kappa shape index (κ1) is 30.2. The Morgan fingerprint density at radius 2 is 1.27 bits per heavy atom. The van der Waals surface area contributed by atoms with Gasteiger partial charge in [0.25, 0.3) is 0 Å². The number of carbonyl (C=O) groups is 1. The number of rotatable bonds is 12. The lowest BCUT2D eigenvalue weighted by Gasteiger charge is -2.17. The molecule has 6 nitrogen and oxygen atoms in total. The van der Waals surface area contributed by atoms with Crippen LogP contribution >= 0.6 is 11.8 Å². The van der Waals surface area contributed by atoms with Crippen LogP contribution in [0.25, 0.3) is 11.1 Å². The lowest BCUT2D eigenvalue weighted by atomic mass is 9.95. The van der Waals surface area contributed by atoms with Crippen molar-refractivity contribution in [3.05, 3.63) is 95.1 Å². The van der Waals surface area contributed by atoms with Crippen molar-refractivity contribution in [2.75, 3.05) is 34.0 Å². The van der Waals surface area contributed by atoms with Crippen molar-refractivity contribution >= 4 is 17.7 Å². The van der Waals surface area contributed by atoms with Gasteiger partial charge in [-0.25, -0.2) is 4.79 Å². The van der Waals surface area contributed by atoms with Gasteiger partial charge in [-0.3, -0.25) is 0 Å². The Labute approximate surface area is 246 Å². The molecule has 4 aromatic carbocycles. The molecule has 41 heavy (non-hydrogen) atoms. The molecule has 0 amide bonds. The molecule has 0 saturated carbocycles. The van der Waals surface area contributed by atoms with Crippen molar-refractivity contribution in [2.45, 2.75) is 37.5 Å². The van der Waals surface area contributed by atoms with Gasteiger partial charge in [-0.05, 0) is 122 Å². The van der Waals surface area contributed by atoms with Gasteiger partial charge < -0.3 is 23.7 Å². The van der Waals surface area contributed by atoms with E-state index in [-0.39, 0.29) is 6.61 Å². The van der Waals surface area contributed by atoms with E-state index in [1.807, 2.05) is 61.5 Å². The van der Waals surface area contributed by atoms with E-state index in [2.05, 4.69) is 39.0 Å². The molecule has 0 saturated heterocycles. The van der Waals surface area contributed by atoms with Crippen LogP contribution in [0.2, 0.25) is 0 Å². The topological polar surface area (TPSA) is 63.2 Å². The van der Waals surface area contributed by atoms with Gasteiger partial charge in [0.05, 0.1) is 20.3 Å². The highest BCUT2D eigenvalue weighted by atomic mass is 32.2. The normalized spacial score (nSPS) is 10.9. The van der Waals surface area contributed by atoms with Crippen LogP contribution in [0.15, 0.2) is 82.6 Å². The van der Waals surface area contributed by atoms with E-state index in [4.69, 9.17) is 23.7 Å². The molecule has 0 aliphatic rings. The van der Waals surface area contributed by atoms with Crippen LogP contribution in [0.4, 0.5) is 0 Å². The van der Waals surface area contributed by atoms with Gasteiger partial charge in [0.15, 0.2) is 11.5 Å². The Kier molecular flexibility index (Phi) is 10.5. The number of hydrogen-bond acceptors (Lipinski definition) is 7. The van der Waals surface area contributed by atoms with Crippen molar-refractivity contribution < 1.29 is 28.5 Å². The fraction of sp³-hybridized carbons (Fsp3) is 0.265. The Bertz CT molecular complexity index is 1460. The van der Waals surface area contributed by atoms with E-state index < -0.39 is 5.97 Å². The zero-order chi connectivity index (χ0) is 29.4. The van der Waals surface area contributed by atoms with Crippen LogP contribution < -0.4 is 14.2 Å². The van der Waals surface area contributed by atoms with Gasteiger partial charge in [0.2, 0.25) is 0 Å². The highest BCUT2D eigenvalue weighted by Crippen LogP contribution is 2.40. The molecular weight excluding hydrogens is 536 g/mol. The van der Waals surface area contributed by atoms with E-state index in [1.165, 1.54) is 16.7 Å². The van der Waals surface area contributed by atoms with E-state index in [0.717, 1.165) is 32.2 Å². The molecule has 0 heterocycles. The molecular formula is C34H36O6S. The molecule has 0 aliphatic heterocycles. The quantitative estimate of drug-likeness (QED) is 0.0965. The fourth-order valence-electron chi connectivity index (χ4n) is 4.24. The predicted octanol–water partition coefficient (Wildman–Crippen LogP) is 8.11. The average Bonchev–Trinajstić information content (AvgIpc) is 2.96. The van der Waals surface area contributed by atoms with E-state index in [1.54, 1.807) is 26.0 Å². The van der Waals surface area contributed by atoms with Crippen LogP contribution in [0.3, 0.4) is 0 Å². The first-order valence-electron chi connectivity index (χ1n) is 13.4. The van der Waals surface area contributed by atoms with Gasteiger partial charge in [-0.1, -0.05) is 23.9 Å². The summed E-state index contributed by atoms with van der Waals surface area (Å²) in [5.74, 6) is 1.77. The lowest BCUT2D eigenvalue weighted by molar-refractivity contribution is -0.140. The Morgan fingerprint density at radius 3 is 1.85 bits per heavy atom. The molecule has 0 aliphatic carbocycles. The molecule has 0 N–H and O–H groups in total. The minimum absolute atomic E-state index is 0.188. The predicted molar refractivity (Wildman–Crippen MR) is 163 cm³/mol. The summed E-state index contributed by atoms with van der Waals surface area (Å²) >= 11 is 1.65. The lowest BCUT2D eigenvalue weighted by Crippen LogP contribution is -2.17. The molecule has 214 valence electrons. The smallest absolute Gasteiger partial charge is 0.337 e. The number of ether oxygens (including phenoxy) is 5. The number of hydrogen-bond donors (Lipinski definition) is 0. The van der Waals surface area contributed by atoms with Gasteiger partial charge in [-0.2, -0.15) is 0 Å². The molecule has 0 bridgehead atoms. The van der Waals surface area contributed by atoms with Crippen LogP contribution in [-0.2, 0) is 14.3 Å². The van der Waals surface area contributed by atoms with E-state index >= 15 is 0 Å². The summed E-state index contributed by atoms with van der Waals surface area (Å²) in [6, 6.07) is 24.0. The number of esters is 1. The zero-order valence-corrected chi connectivity index (χ0v) is 25.2. The van der Waals surface area contributed by atoms with Crippen molar-refractivity contribution in [3.8, 4) is 34.1 Å². The molecule has 0 spiro atoms. The summed E-state index contributed by atoms with van der Waals surface area (Å²) in [6.07, 6.45) is 0. The van der Waals surface area contributed by atoms with E-state index in [9.17, 15) is 4.79 Å². The summed E-state index contributed by atoms with van der Waals surface area (Å²) in [4.78, 5) is 14.9. The highest BCUT2D eigenvalue weighted by Gasteiger charge is 2.18. The summed E-state index contributed by atoms with van der Waals surface area (Å²) < 4.78 is 27.7. The SMILES string of the molecule is COCCOCC(=O)Oc1cc(-c2cc(C)c(C)c(C)c2)cc(C)c1Oc1ccc(Sc2ccc(OC)cc2)cc1.